The molecule has 0 saturated carbocycles. The number of benzene rings is 2. The van der Waals surface area contributed by atoms with Crippen LogP contribution < -0.4 is 10.1 Å². The molecule has 3 rings (SSSR count). The van der Waals surface area contributed by atoms with Gasteiger partial charge in [-0.25, -0.2) is 0 Å². The van der Waals surface area contributed by atoms with Crippen LogP contribution in [0, 0.1) is 5.92 Å². The molecule has 2 N–H and O–H groups in total. The second kappa shape index (κ2) is 15.9. The number of aliphatic hydroxyl groups excluding tert-OH is 1. The largest absolute Gasteiger partial charge is 0.489 e. The van der Waals surface area contributed by atoms with Crippen molar-refractivity contribution in [2.24, 2.45) is 5.92 Å². The fourth-order valence-electron chi connectivity index (χ4n) is 4.85. The number of carbonyl (C=O) groups excluding carboxylic acids is 1. The quantitative estimate of drug-likeness (QED) is 0.324. The SMILES string of the molecule is C/C=C1\C(=C/CC)NC(CC)=C(C(=O)CC(C)C)[C@H](c2ccc(OCc3ccccc3)cc2)N1C(C)O.CC. The summed E-state index contributed by atoms with van der Waals surface area (Å²) in [5.41, 5.74) is 5.46. The molecule has 1 aliphatic rings. The molecule has 0 aromatic heterocycles. The van der Waals surface area contributed by atoms with Crippen LogP contribution in [0.4, 0.5) is 0 Å². The van der Waals surface area contributed by atoms with Gasteiger partial charge in [0.15, 0.2) is 5.78 Å². The highest BCUT2D eigenvalue weighted by molar-refractivity contribution is 5.98. The highest BCUT2D eigenvalue weighted by atomic mass is 16.5. The number of ether oxygens (including phenoxy) is 1. The Bertz CT molecular complexity index is 1130. The van der Waals surface area contributed by atoms with Crippen LogP contribution in [0.3, 0.4) is 0 Å². The molecule has 1 heterocycles. The van der Waals surface area contributed by atoms with Crippen LogP contribution >= 0.6 is 0 Å². The van der Waals surface area contributed by atoms with Crippen molar-refractivity contribution in [2.45, 2.75) is 93.5 Å². The molecule has 212 valence electrons. The molecule has 5 heteroatoms. The minimum Gasteiger partial charge on any atom is -0.489 e. The summed E-state index contributed by atoms with van der Waals surface area (Å²) < 4.78 is 6.02. The summed E-state index contributed by atoms with van der Waals surface area (Å²) in [6, 6.07) is 17.6. The number of rotatable bonds is 10. The van der Waals surface area contributed by atoms with Crippen LogP contribution in [0.2, 0.25) is 0 Å². The van der Waals surface area contributed by atoms with Crippen LogP contribution in [0.5, 0.6) is 5.75 Å². The maximum atomic E-state index is 13.8. The highest BCUT2D eigenvalue weighted by Crippen LogP contribution is 2.41. The molecule has 2 aromatic carbocycles. The van der Waals surface area contributed by atoms with Gasteiger partial charge in [-0.1, -0.05) is 96.2 Å². The summed E-state index contributed by atoms with van der Waals surface area (Å²) in [5, 5.41) is 14.7. The molecule has 0 radical (unpaired) electrons. The maximum absolute atomic E-state index is 13.8. The fourth-order valence-corrected chi connectivity index (χ4v) is 4.85. The lowest BCUT2D eigenvalue weighted by Crippen LogP contribution is -2.38. The number of hydrogen-bond acceptors (Lipinski definition) is 5. The number of nitrogens with one attached hydrogen (secondary N) is 1. The summed E-state index contributed by atoms with van der Waals surface area (Å²) in [7, 11) is 0. The maximum Gasteiger partial charge on any atom is 0.163 e. The number of allylic oxidation sites excluding steroid dienone is 3. The molecule has 0 spiro atoms. The van der Waals surface area contributed by atoms with E-state index in [-0.39, 0.29) is 11.7 Å². The standard InChI is InChI=1S/C32H42N2O3.C2H6/c1-7-13-28-29(9-3)34(23(6)35)32(31(27(8-2)33-28)30(36)20-22(4)5)25-16-18-26(19-17-25)37-21-24-14-11-10-12-15-24;1-2/h9-19,22-23,32-33,35H,7-8,20-21H2,1-6H3;1-2H3/b28-13+,29-9+;/t23?,32-;/m0./s1. The first-order chi connectivity index (χ1) is 18.8. The van der Waals surface area contributed by atoms with E-state index in [4.69, 9.17) is 4.74 Å². The molecule has 0 bridgehead atoms. The smallest absolute Gasteiger partial charge is 0.163 e. The molecule has 1 unspecified atom stereocenters. The average molecular weight is 533 g/mol. The molecule has 0 aliphatic carbocycles. The Morgan fingerprint density at radius 3 is 2.21 bits per heavy atom. The van der Waals surface area contributed by atoms with Crippen LogP contribution in [-0.4, -0.2) is 22.0 Å². The first-order valence-electron chi connectivity index (χ1n) is 14.4. The minimum atomic E-state index is -0.815. The summed E-state index contributed by atoms with van der Waals surface area (Å²) >= 11 is 0. The van der Waals surface area contributed by atoms with Gasteiger partial charge in [0, 0.05) is 17.7 Å². The van der Waals surface area contributed by atoms with E-state index in [0.29, 0.717) is 25.0 Å². The first-order valence-corrected chi connectivity index (χ1v) is 14.4. The lowest BCUT2D eigenvalue weighted by Gasteiger charge is -2.38. The Labute approximate surface area is 236 Å². The van der Waals surface area contributed by atoms with Gasteiger partial charge in [0.1, 0.15) is 18.6 Å². The molecule has 39 heavy (non-hydrogen) atoms. The van der Waals surface area contributed by atoms with E-state index < -0.39 is 12.3 Å². The van der Waals surface area contributed by atoms with E-state index in [9.17, 15) is 9.90 Å². The fraction of sp³-hybridized carbons (Fsp3) is 0.441. The number of aliphatic hydroxyl groups is 1. The average Bonchev–Trinajstić information content (AvgIpc) is 3.08. The van der Waals surface area contributed by atoms with Crippen molar-refractivity contribution in [1.29, 1.82) is 0 Å². The Kier molecular flexibility index (Phi) is 13.0. The normalized spacial score (nSPS) is 18.4. The van der Waals surface area contributed by atoms with Crippen molar-refractivity contribution in [3.05, 3.63) is 101 Å². The number of Topliss-reactive ketones (excluding diaryl/α,β-unsaturated/α-hetero) is 1. The molecule has 2 atom stereocenters. The molecule has 1 aliphatic heterocycles. The van der Waals surface area contributed by atoms with Gasteiger partial charge in [0.2, 0.25) is 0 Å². The Balaban J connectivity index is 0.00000260. The third-order valence-electron chi connectivity index (χ3n) is 6.49. The van der Waals surface area contributed by atoms with Crippen LogP contribution in [0.1, 0.15) is 91.8 Å². The van der Waals surface area contributed by atoms with Gasteiger partial charge in [-0.2, -0.15) is 0 Å². The first kappa shape index (κ1) is 31.9. The monoisotopic (exact) mass is 532 g/mol. The van der Waals surface area contributed by atoms with Gasteiger partial charge in [0.05, 0.1) is 17.4 Å². The van der Waals surface area contributed by atoms with Crippen molar-refractivity contribution in [3.63, 3.8) is 0 Å². The van der Waals surface area contributed by atoms with Crippen molar-refractivity contribution < 1.29 is 14.6 Å². The van der Waals surface area contributed by atoms with E-state index in [0.717, 1.165) is 40.4 Å². The van der Waals surface area contributed by atoms with E-state index in [1.165, 1.54) is 0 Å². The number of carbonyl (C=O) groups is 1. The Hall–Kier alpha value is -3.31. The summed E-state index contributed by atoms with van der Waals surface area (Å²) in [6.07, 6.45) is 5.27. The van der Waals surface area contributed by atoms with Gasteiger partial charge in [-0.05, 0) is 55.9 Å². The lowest BCUT2D eigenvalue weighted by molar-refractivity contribution is -0.117. The zero-order valence-corrected chi connectivity index (χ0v) is 25.1. The van der Waals surface area contributed by atoms with Crippen molar-refractivity contribution in [1.82, 2.24) is 10.2 Å². The number of nitrogens with zero attached hydrogens (tertiary/aromatic N) is 1. The number of ketones is 1. The minimum absolute atomic E-state index is 0.104. The zero-order valence-electron chi connectivity index (χ0n) is 25.1. The van der Waals surface area contributed by atoms with Gasteiger partial charge < -0.3 is 20.1 Å². The molecular formula is C34H48N2O3. The zero-order chi connectivity index (χ0) is 28.9. The predicted molar refractivity (Wildman–Crippen MR) is 162 cm³/mol. The number of hydrogen-bond donors (Lipinski definition) is 2. The van der Waals surface area contributed by atoms with E-state index >= 15 is 0 Å². The Morgan fingerprint density at radius 2 is 1.69 bits per heavy atom. The summed E-state index contributed by atoms with van der Waals surface area (Å²) in [6.45, 7) is 16.5. The molecule has 2 aromatic rings. The molecule has 0 fully saturated rings. The van der Waals surface area contributed by atoms with Crippen LogP contribution in [0.25, 0.3) is 0 Å². The molecule has 0 amide bonds. The van der Waals surface area contributed by atoms with Crippen molar-refractivity contribution >= 4 is 5.78 Å². The second-order valence-electron chi connectivity index (χ2n) is 9.88. The molecule has 5 nitrogen and oxygen atoms in total. The van der Waals surface area contributed by atoms with Gasteiger partial charge >= 0.3 is 0 Å². The Morgan fingerprint density at radius 1 is 1.05 bits per heavy atom. The third kappa shape index (κ3) is 8.34. The summed E-state index contributed by atoms with van der Waals surface area (Å²) in [4.78, 5) is 15.8. The van der Waals surface area contributed by atoms with Crippen molar-refractivity contribution in [3.8, 4) is 5.75 Å². The predicted octanol–water partition coefficient (Wildman–Crippen LogP) is 8.05. The highest BCUT2D eigenvalue weighted by Gasteiger charge is 2.37. The molecule has 0 saturated heterocycles. The topological polar surface area (TPSA) is 61.8 Å². The van der Waals surface area contributed by atoms with Gasteiger partial charge in [-0.3, -0.25) is 4.79 Å². The lowest BCUT2D eigenvalue weighted by atomic mass is 9.88. The summed E-state index contributed by atoms with van der Waals surface area (Å²) in [5.74, 6) is 1.09. The second-order valence-corrected chi connectivity index (χ2v) is 9.88. The van der Waals surface area contributed by atoms with Gasteiger partial charge in [-0.15, -0.1) is 0 Å². The van der Waals surface area contributed by atoms with Gasteiger partial charge in [0.25, 0.3) is 0 Å². The van der Waals surface area contributed by atoms with Crippen LogP contribution in [0.15, 0.2) is 89.4 Å². The van der Waals surface area contributed by atoms with E-state index in [2.05, 4.69) is 39.1 Å². The van der Waals surface area contributed by atoms with E-state index in [1.54, 1.807) is 6.92 Å². The molecular weight excluding hydrogens is 484 g/mol. The third-order valence-corrected chi connectivity index (χ3v) is 6.49. The van der Waals surface area contributed by atoms with Crippen LogP contribution in [-0.2, 0) is 11.4 Å². The van der Waals surface area contributed by atoms with Crippen molar-refractivity contribution in [2.75, 3.05) is 0 Å². The van der Waals surface area contributed by atoms with E-state index in [1.807, 2.05) is 86.3 Å².